The van der Waals surface area contributed by atoms with Crippen LogP contribution in [0.15, 0.2) is 73.1 Å². The Morgan fingerprint density at radius 2 is 1.54 bits per heavy atom. The average molecular weight is 382 g/mol. The van der Waals surface area contributed by atoms with E-state index in [0.29, 0.717) is 0 Å². The molecule has 0 bridgehead atoms. The van der Waals surface area contributed by atoms with Crippen LogP contribution in [0, 0.1) is 6.92 Å². The van der Waals surface area contributed by atoms with E-state index in [1.807, 2.05) is 32.4 Å². The first-order valence-corrected chi connectivity index (χ1v) is 9.93. The van der Waals surface area contributed by atoms with Crippen molar-refractivity contribution in [2.45, 2.75) is 6.92 Å². The summed E-state index contributed by atoms with van der Waals surface area (Å²) < 4.78 is 2.07. The van der Waals surface area contributed by atoms with Crippen molar-refractivity contribution < 1.29 is 0 Å². The third kappa shape index (κ3) is 2.80. The lowest BCUT2D eigenvalue weighted by atomic mass is 10.1. The van der Waals surface area contributed by atoms with Crippen LogP contribution in [-0.4, -0.2) is 19.7 Å². The number of benzene rings is 1. The Morgan fingerprint density at radius 3 is 2.25 bits per heavy atom. The van der Waals surface area contributed by atoms with Gasteiger partial charge in [-0.15, -0.1) is 21.5 Å². The molecule has 5 aromatic rings. The van der Waals surface area contributed by atoms with Crippen molar-refractivity contribution in [3.8, 4) is 32.5 Å². The molecular formula is C23H18N4S. The van der Waals surface area contributed by atoms with E-state index in [9.17, 15) is 0 Å². The van der Waals surface area contributed by atoms with Gasteiger partial charge in [0.25, 0.3) is 0 Å². The minimum Gasteiger partial charge on any atom is -0.349 e. The summed E-state index contributed by atoms with van der Waals surface area (Å²) in [4.78, 5) is 6.78. The van der Waals surface area contributed by atoms with Crippen molar-refractivity contribution >= 4 is 22.1 Å². The molecular weight excluding hydrogens is 364 g/mol. The summed E-state index contributed by atoms with van der Waals surface area (Å²) in [6.07, 6.45) is 3.93. The van der Waals surface area contributed by atoms with Crippen molar-refractivity contribution in [2.24, 2.45) is 7.05 Å². The van der Waals surface area contributed by atoms with Gasteiger partial charge >= 0.3 is 0 Å². The first kappa shape index (κ1) is 16.8. The largest absolute Gasteiger partial charge is 0.349 e. The Labute approximate surface area is 167 Å². The van der Waals surface area contributed by atoms with Gasteiger partial charge in [0.15, 0.2) is 0 Å². The average Bonchev–Trinajstić information content (AvgIpc) is 3.37. The van der Waals surface area contributed by atoms with Crippen LogP contribution >= 0.6 is 11.3 Å². The number of pyridine rings is 1. The van der Waals surface area contributed by atoms with Crippen LogP contribution in [0.1, 0.15) is 5.56 Å². The second kappa shape index (κ2) is 6.69. The monoisotopic (exact) mass is 382 g/mol. The SMILES string of the molecule is Cc1ccc(-c2ccc(-c3nnc(-c4cccn4C)c4ccccc34)s2)nc1. The van der Waals surface area contributed by atoms with Crippen LogP contribution in [-0.2, 0) is 7.05 Å². The molecule has 1 aromatic carbocycles. The van der Waals surface area contributed by atoms with E-state index in [0.717, 1.165) is 48.9 Å². The lowest BCUT2D eigenvalue weighted by Crippen LogP contribution is -1.97. The van der Waals surface area contributed by atoms with Crippen LogP contribution in [0.25, 0.3) is 43.3 Å². The molecule has 0 aliphatic rings. The quantitative estimate of drug-likeness (QED) is 0.400. The molecule has 0 spiro atoms. The Morgan fingerprint density at radius 1 is 0.786 bits per heavy atom. The number of rotatable bonds is 3. The Balaban J connectivity index is 1.65. The number of fused-ring (bicyclic) bond motifs is 1. The maximum Gasteiger partial charge on any atom is 0.117 e. The number of nitrogens with zero attached hydrogens (tertiary/aromatic N) is 4. The zero-order chi connectivity index (χ0) is 19.1. The summed E-state index contributed by atoms with van der Waals surface area (Å²) >= 11 is 1.70. The standard InChI is InChI=1S/C23H18N4S/c1-15-9-10-18(24-14-15)20-11-12-21(28-20)23-17-7-4-3-6-16(17)22(25-26-23)19-8-5-13-27(19)2/h3-14H,1-2H3. The highest BCUT2D eigenvalue weighted by atomic mass is 32.1. The summed E-state index contributed by atoms with van der Waals surface area (Å²) in [6, 6.07) is 20.8. The molecule has 0 unspecified atom stereocenters. The van der Waals surface area contributed by atoms with Gasteiger partial charge in [0.2, 0.25) is 0 Å². The van der Waals surface area contributed by atoms with Crippen LogP contribution in [0.4, 0.5) is 0 Å². The maximum atomic E-state index is 4.62. The number of aryl methyl sites for hydroxylation is 2. The van der Waals surface area contributed by atoms with Gasteiger partial charge in [-0.25, -0.2) is 0 Å². The van der Waals surface area contributed by atoms with Crippen molar-refractivity contribution in [3.05, 3.63) is 78.6 Å². The maximum absolute atomic E-state index is 4.62. The van der Waals surface area contributed by atoms with Gasteiger partial charge < -0.3 is 4.57 Å². The normalized spacial score (nSPS) is 11.2. The third-order valence-electron chi connectivity index (χ3n) is 4.88. The molecule has 4 aromatic heterocycles. The Kier molecular flexibility index (Phi) is 4.02. The molecule has 0 saturated carbocycles. The van der Waals surface area contributed by atoms with Gasteiger partial charge in [0.05, 0.1) is 21.1 Å². The minimum atomic E-state index is 0.906. The van der Waals surface area contributed by atoms with Crippen LogP contribution in [0.5, 0.6) is 0 Å². The predicted molar refractivity (Wildman–Crippen MR) is 115 cm³/mol. The molecule has 0 saturated heterocycles. The molecule has 5 heteroatoms. The highest BCUT2D eigenvalue weighted by Crippen LogP contribution is 2.37. The fourth-order valence-corrected chi connectivity index (χ4v) is 4.38. The molecule has 4 heterocycles. The van der Waals surface area contributed by atoms with Crippen molar-refractivity contribution in [3.63, 3.8) is 0 Å². The topological polar surface area (TPSA) is 43.6 Å². The van der Waals surface area contributed by atoms with Crippen LogP contribution in [0.3, 0.4) is 0 Å². The highest BCUT2D eigenvalue weighted by molar-refractivity contribution is 7.18. The fraction of sp³-hybridized carbons (Fsp3) is 0.0870. The predicted octanol–water partition coefficient (Wildman–Crippen LogP) is 5.73. The second-order valence-corrected chi connectivity index (χ2v) is 7.92. The van der Waals surface area contributed by atoms with Gasteiger partial charge in [0.1, 0.15) is 11.4 Å². The molecule has 0 atom stereocenters. The molecule has 0 fully saturated rings. The lowest BCUT2D eigenvalue weighted by molar-refractivity contribution is 0.923. The first-order chi connectivity index (χ1) is 13.7. The van der Waals surface area contributed by atoms with Gasteiger partial charge in [-0.1, -0.05) is 30.3 Å². The van der Waals surface area contributed by atoms with Crippen LogP contribution < -0.4 is 0 Å². The summed E-state index contributed by atoms with van der Waals surface area (Å²) in [7, 11) is 2.03. The second-order valence-electron chi connectivity index (χ2n) is 6.83. The van der Waals surface area contributed by atoms with E-state index in [1.54, 1.807) is 11.3 Å². The summed E-state index contributed by atoms with van der Waals surface area (Å²) in [5.41, 5.74) is 5.03. The van der Waals surface area contributed by atoms with Crippen molar-refractivity contribution in [1.29, 1.82) is 0 Å². The van der Waals surface area contributed by atoms with Gasteiger partial charge in [-0.2, -0.15) is 0 Å². The molecule has 28 heavy (non-hydrogen) atoms. The van der Waals surface area contributed by atoms with E-state index in [4.69, 9.17) is 0 Å². The Bertz CT molecular complexity index is 1280. The zero-order valence-corrected chi connectivity index (χ0v) is 16.4. The molecule has 0 amide bonds. The summed E-state index contributed by atoms with van der Waals surface area (Å²) in [5.74, 6) is 0. The third-order valence-corrected chi connectivity index (χ3v) is 5.99. The highest BCUT2D eigenvalue weighted by Gasteiger charge is 2.15. The number of thiophene rings is 1. The number of hydrogen-bond acceptors (Lipinski definition) is 4. The van der Waals surface area contributed by atoms with Crippen molar-refractivity contribution in [1.82, 2.24) is 19.7 Å². The van der Waals surface area contributed by atoms with E-state index in [2.05, 4.69) is 74.3 Å². The van der Waals surface area contributed by atoms with E-state index < -0.39 is 0 Å². The smallest absolute Gasteiger partial charge is 0.117 e. The van der Waals surface area contributed by atoms with E-state index >= 15 is 0 Å². The minimum absolute atomic E-state index is 0.906. The van der Waals surface area contributed by atoms with E-state index in [-0.39, 0.29) is 0 Å². The number of aromatic nitrogens is 4. The first-order valence-electron chi connectivity index (χ1n) is 9.11. The van der Waals surface area contributed by atoms with E-state index in [1.165, 1.54) is 0 Å². The lowest BCUT2D eigenvalue weighted by Gasteiger charge is -2.09. The van der Waals surface area contributed by atoms with Gasteiger partial charge in [-0.05, 0) is 42.8 Å². The summed E-state index contributed by atoms with van der Waals surface area (Å²) in [5, 5.41) is 11.4. The van der Waals surface area contributed by atoms with Crippen LogP contribution in [0.2, 0.25) is 0 Å². The fourth-order valence-electron chi connectivity index (χ4n) is 3.40. The molecule has 0 aliphatic carbocycles. The molecule has 0 N–H and O–H groups in total. The number of hydrogen-bond donors (Lipinski definition) is 0. The molecule has 4 nitrogen and oxygen atoms in total. The van der Waals surface area contributed by atoms with Gasteiger partial charge in [0, 0.05) is 30.2 Å². The molecule has 136 valence electrons. The van der Waals surface area contributed by atoms with Gasteiger partial charge in [-0.3, -0.25) is 4.98 Å². The zero-order valence-electron chi connectivity index (χ0n) is 15.6. The molecule has 0 radical (unpaired) electrons. The molecule has 5 rings (SSSR count). The molecule has 0 aliphatic heterocycles. The Hall–Kier alpha value is -3.31. The summed E-state index contributed by atoms with van der Waals surface area (Å²) in [6.45, 7) is 2.05. The van der Waals surface area contributed by atoms with Crippen molar-refractivity contribution in [2.75, 3.05) is 0 Å².